The minimum Gasteiger partial charge on any atom is -0.338 e. The fourth-order valence-corrected chi connectivity index (χ4v) is 2.27. The molecule has 1 aromatic carbocycles. The van der Waals surface area contributed by atoms with E-state index in [1.165, 1.54) is 0 Å². The first-order valence-corrected chi connectivity index (χ1v) is 7.14. The first-order valence-electron chi connectivity index (χ1n) is 7.14. The lowest BCUT2D eigenvalue weighted by Gasteiger charge is -2.26. The second-order valence-electron chi connectivity index (χ2n) is 4.84. The van der Waals surface area contributed by atoms with Crippen molar-refractivity contribution >= 4 is 5.91 Å². The number of hydrogen-bond acceptors (Lipinski definition) is 3. The van der Waals surface area contributed by atoms with Gasteiger partial charge in [-0.15, -0.1) is 0 Å². The quantitative estimate of drug-likeness (QED) is 0.828. The number of amides is 1. The molecule has 1 amide bonds. The molecule has 1 atom stereocenters. The van der Waals surface area contributed by atoms with Crippen molar-refractivity contribution in [1.29, 1.82) is 5.26 Å². The van der Waals surface area contributed by atoms with Crippen LogP contribution in [0.1, 0.15) is 37.8 Å². The summed E-state index contributed by atoms with van der Waals surface area (Å²) in [6.07, 6.45) is 1.76. The Morgan fingerprint density at radius 2 is 2.10 bits per heavy atom. The number of nitrogens with two attached hydrogens (primary N) is 1. The molecule has 1 rings (SSSR count). The number of hydrogen-bond donors (Lipinski definition) is 1. The highest BCUT2D eigenvalue weighted by atomic mass is 16.2. The smallest absolute Gasteiger partial charge is 0.227 e. The first kappa shape index (κ1) is 16.2. The van der Waals surface area contributed by atoms with Gasteiger partial charge in [0.05, 0.1) is 17.6 Å². The molecule has 0 aliphatic heterocycles. The van der Waals surface area contributed by atoms with E-state index in [0.717, 1.165) is 18.4 Å². The van der Waals surface area contributed by atoms with E-state index in [9.17, 15) is 4.79 Å². The third-order valence-electron chi connectivity index (χ3n) is 3.46. The van der Waals surface area contributed by atoms with E-state index in [4.69, 9.17) is 11.0 Å². The van der Waals surface area contributed by atoms with Gasteiger partial charge in [0.25, 0.3) is 0 Å². The molecular formula is C16H23N3O. The Morgan fingerprint density at radius 3 is 2.65 bits per heavy atom. The molecule has 0 fully saturated rings. The van der Waals surface area contributed by atoms with Gasteiger partial charge in [0.2, 0.25) is 5.91 Å². The largest absolute Gasteiger partial charge is 0.338 e. The average Bonchev–Trinajstić information content (AvgIpc) is 2.49. The van der Waals surface area contributed by atoms with Crippen LogP contribution in [0.15, 0.2) is 24.3 Å². The van der Waals surface area contributed by atoms with Crippen LogP contribution in [0.25, 0.3) is 0 Å². The lowest BCUT2D eigenvalue weighted by atomic mass is 10.0. The lowest BCUT2D eigenvalue weighted by Crippen LogP contribution is -2.38. The molecule has 0 aliphatic rings. The minimum absolute atomic E-state index is 0.0876. The predicted molar refractivity (Wildman–Crippen MR) is 79.7 cm³/mol. The van der Waals surface area contributed by atoms with Gasteiger partial charge in [-0.2, -0.15) is 5.26 Å². The molecule has 0 saturated carbocycles. The van der Waals surface area contributed by atoms with E-state index >= 15 is 0 Å². The Bertz CT molecular complexity index is 479. The number of carbonyl (C=O) groups is 1. The summed E-state index contributed by atoms with van der Waals surface area (Å²) in [5.41, 5.74) is 7.21. The molecule has 1 aromatic rings. The van der Waals surface area contributed by atoms with Crippen molar-refractivity contribution in [3.8, 4) is 6.07 Å². The molecule has 0 radical (unpaired) electrons. The summed E-state index contributed by atoms with van der Waals surface area (Å²) in [5, 5.41) is 9.11. The third-order valence-corrected chi connectivity index (χ3v) is 3.46. The zero-order valence-corrected chi connectivity index (χ0v) is 12.3. The van der Waals surface area contributed by atoms with Crippen molar-refractivity contribution in [2.24, 2.45) is 11.7 Å². The second-order valence-corrected chi connectivity index (χ2v) is 4.84. The summed E-state index contributed by atoms with van der Waals surface area (Å²) in [4.78, 5) is 14.2. The standard InChI is InChI=1S/C16H23N3O/c1-3-7-14(11-18)16(20)19(4-2)12-15-9-6-5-8-13(15)10-17/h5-6,8-9,14H,3-4,7,11-12,18H2,1-2H3. The van der Waals surface area contributed by atoms with Crippen LogP contribution in [0.4, 0.5) is 0 Å². The fourth-order valence-electron chi connectivity index (χ4n) is 2.27. The van der Waals surface area contributed by atoms with Gasteiger partial charge in [-0.25, -0.2) is 0 Å². The van der Waals surface area contributed by atoms with Crippen LogP contribution < -0.4 is 5.73 Å². The van der Waals surface area contributed by atoms with Gasteiger partial charge in [0.15, 0.2) is 0 Å². The molecule has 108 valence electrons. The monoisotopic (exact) mass is 273 g/mol. The van der Waals surface area contributed by atoms with Gasteiger partial charge in [-0.05, 0) is 25.0 Å². The summed E-state index contributed by atoms with van der Waals surface area (Å²) in [6, 6.07) is 9.57. The van der Waals surface area contributed by atoms with Crippen LogP contribution in [0.3, 0.4) is 0 Å². The average molecular weight is 273 g/mol. The van der Waals surface area contributed by atoms with Crippen molar-refractivity contribution in [2.75, 3.05) is 13.1 Å². The van der Waals surface area contributed by atoms with Crippen LogP contribution in [-0.2, 0) is 11.3 Å². The Balaban J connectivity index is 2.86. The number of nitriles is 1. The van der Waals surface area contributed by atoms with Crippen molar-refractivity contribution in [3.63, 3.8) is 0 Å². The zero-order valence-electron chi connectivity index (χ0n) is 12.3. The molecule has 1 unspecified atom stereocenters. The van der Waals surface area contributed by atoms with Crippen LogP contribution in [0.2, 0.25) is 0 Å². The van der Waals surface area contributed by atoms with Crippen LogP contribution in [0.5, 0.6) is 0 Å². The molecule has 2 N–H and O–H groups in total. The summed E-state index contributed by atoms with van der Waals surface area (Å²) in [5.74, 6) is -0.0289. The number of carbonyl (C=O) groups excluding carboxylic acids is 1. The van der Waals surface area contributed by atoms with Gasteiger partial charge in [0, 0.05) is 19.6 Å². The Hall–Kier alpha value is -1.86. The van der Waals surface area contributed by atoms with Crippen molar-refractivity contribution in [2.45, 2.75) is 33.2 Å². The van der Waals surface area contributed by atoms with Crippen molar-refractivity contribution in [1.82, 2.24) is 4.90 Å². The third kappa shape index (κ3) is 4.07. The number of benzene rings is 1. The number of rotatable bonds is 7. The highest BCUT2D eigenvalue weighted by Crippen LogP contribution is 2.15. The summed E-state index contributed by atoms with van der Waals surface area (Å²) >= 11 is 0. The topological polar surface area (TPSA) is 70.1 Å². The molecular weight excluding hydrogens is 250 g/mol. The van der Waals surface area contributed by atoms with E-state index in [1.54, 1.807) is 11.0 Å². The molecule has 20 heavy (non-hydrogen) atoms. The lowest BCUT2D eigenvalue weighted by molar-refractivity contribution is -0.135. The van der Waals surface area contributed by atoms with Crippen molar-refractivity contribution in [3.05, 3.63) is 35.4 Å². The maximum absolute atomic E-state index is 12.5. The zero-order chi connectivity index (χ0) is 15.0. The van der Waals surface area contributed by atoms with Gasteiger partial charge in [0.1, 0.15) is 0 Å². The van der Waals surface area contributed by atoms with Crippen LogP contribution in [0, 0.1) is 17.2 Å². The molecule has 4 nitrogen and oxygen atoms in total. The predicted octanol–water partition coefficient (Wildman–Crippen LogP) is 2.28. The second kappa shape index (κ2) is 8.34. The summed E-state index contributed by atoms with van der Waals surface area (Å²) in [7, 11) is 0. The normalized spacial score (nSPS) is 11.7. The summed E-state index contributed by atoms with van der Waals surface area (Å²) in [6.45, 7) is 5.48. The number of nitrogens with zero attached hydrogens (tertiary/aromatic N) is 2. The maximum Gasteiger partial charge on any atom is 0.227 e. The van der Waals surface area contributed by atoms with E-state index in [2.05, 4.69) is 13.0 Å². The van der Waals surface area contributed by atoms with Gasteiger partial charge in [-0.3, -0.25) is 4.79 Å². The molecule has 4 heteroatoms. The van der Waals surface area contributed by atoms with Crippen LogP contribution in [-0.4, -0.2) is 23.9 Å². The Morgan fingerprint density at radius 1 is 1.40 bits per heavy atom. The molecule has 0 spiro atoms. The Labute approximate surface area is 121 Å². The molecule has 0 aliphatic carbocycles. The Kier molecular flexibility index (Phi) is 6.75. The molecule has 0 heterocycles. The molecule has 0 aromatic heterocycles. The summed E-state index contributed by atoms with van der Waals surface area (Å²) < 4.78 is 0. The van der Waals surface area contributed by atoms with E-state index in [1.807, 2.05) is 25.1 Å². The van der Waals surface area contributed by atoms with Gasteiger partial charge < -0.3 is 10.6 Å². The van der Waals surface area contributed by atoms with E-state index < -0.39 is 0 Å². The van der Waals surface area contributed by atoms with E-state index in [0.29, 0.717) is 25.2 Å². The minimum atomic E-state index is -0.116. The highest BCUT2D eigenvalue weighted by molar-refractivity contribution is 5.79. The highest BCUT2D eigenvalue weighted by Gasteiger charge is 2.22. The fraction of sp³-hybridized carbons (Fsp3) is 0.500. The van der Waals surface area contributed by atoms with Gasteiger partial charge in [-0.1, -0.05) is 31.5 Å². The van der Waals surface area contributed by atoms with Gasteiger partial charge >= 0.3 is 0 Å². The van der Waals surface area contributed by atoms with E-state index in [-0.39, 0.29) is 11.8 Å². The first-order chi connectivity index (χ1) is 9.67. The molecule has 0 saturated heterocycles. The maximum atomic E-state index is 12.5. The SMILES string of the molecule is CCCC(CN)C(=O)N(CC)Cc1ccccc1C#N. The van der Waals surface area contributed by atoms with Crippen molar-refractivity contribution < 1.29 is 4.79 Å². The van der Waals surface area contributed by atoms with Crippen LogP contribution >= 0.6 is 0 Å². The molecule has 0 bridgehead atoms.